The lowest BCUT2D eigenvalue weighted by atomic mass is 9.99. The molecule has 0 aromatic heterocycles. The Morgan fingerprint density at radius 2 is 1.36 bits per heavy atom. The van der Waals surface area contributed by atoms with E-state index in [9.17, 15) is 53.7 Å². The summed E-state index contributed by atoms with van der Waals surface area (Å²) >= 11 is 0. The predicted octanol–water partition coefficient (Wildman–Crippen LogP) is -4.19. The van der Waals surface area contributed by atoms with Gasteiger partial charge in [-0.2, -0.15) is 0 Å². The Bertz CT molecular complexity index is 1420. The van der Waals surface area contributed by atoms with Gasteiger partial charge in [-0.05, 0) is 57.3 Å². The van der Waals surface area contributed by atoms with Crippen LogP contribution in [0, 0.1) is 11.8 Å². The molecule has 8 unspecified atom stereocenters. The van der Waals surface area contributed by atoms with Gasteiger partial charge in [0.25, 0.3) is 0 Å². The third kappa shape index (κ3) is 16.3. The summed E-state index contributed by atoms with van der Waals surface area (Å²) < 4.78 is 0. The lowest BCUT2D eigenvalue weighted by Gasteiger charge is -2.32. The van der Waals surface area contributed by atoms with Gasteiger partial charge in [0.15, 0.2) is 5.96 Å². The Morgan fingerprint density at radius 3 is 1.88 bits per heavy atom. The molecule has 1 aliphatic rings. The molecule has 0 saturated carbocycles. The van der Waals surface area contributed by atoms with Crippen LogP contribution in [-0.2, 0) is 38.4 Å². The summed E-state index contributed by atoms with van der Waals surface area (Å²) in [4.78, 5) is 108. The maximum absolute atomic E-state index is 13.8. The second-order valence-corrected chi connectivity index (χ2v) is 14.5. The van der Waals surface area contributed by atoms with E-state index in [4.69, 9.17) is 22.3 Å². The molecule has 1 saturated heterocycles. The third-order valence-corrected chi connectivity index (χ3v) is 8.85. The van der Waals surface area contributed by atoms with E-state index in [1.807, 2.05) is 19.2 Å². The second-order valence-electron chi connectivity index (χ2n) is 14.5. The fraction of sp³-hybridized carbons (Fsp3) is 0.735. The maximum Gasteiger partial charge on any atom is 0.328 e. The summed E-state index contributed by atoms with van der Waals surface area (Å²) in [5.41, 5.74) is 16.8. The highest BCUT2D eigenvalue weighted by atomic mass is 16.4. The molecule has 6 amide bonds. The van der Waals surface area contributed by atoms with Crippen molar-refractivity contribution < 1.29 is 58.8 Å². The number of rotatable bonds is 24. The summed E-state index contributed by atoms with van der Waals surface area (Å²) in [7, 11) is 0. The molecule has 318 valence electrons. The molecule has 0 spiro atoms. The van der Waals surface area contributed by atoms with Gasteiger partial charge in [-0.1, -0.05) is 27.7 Å². The van der Waals surface area contributed by atoms with Crippen LogP contribution in [0.15, 0.2) is 4.99 Å². The van der Waals surface area contributed by atoms with Gasteiger partial charge in [0.2, 0.25) is 35.4 Å². The zero-order valence-electron chi connectivity index (χ0n) is 32.5. The average molecular weight is 801 g/mol. The molecule has 0 bridgehead atoms. The first-order chi connectivity index (χ1) is 26.1. The van der Waals surface area contributed by atoms with Gasteiger partial charge in [-0.3, -0.25) is 38.6 Å². The minimum atomic E-state index is -1.78. The van der Waals surface area contributed by atoms with Crippen LogP contribution >= 0.6 is 0 Å². The Morgan fingerprint density at radius 1 is 0.786 bits per heavy atom. The Balaban J connectivity index is 3.30. The number of carbonyl (C=O) groups is 8. The van der Waals surface area contributed by atoms with E-state index in [2.05, 4.69) is 26.3 Å². The van der Waals surface area contributed by atoms with Crippen LogP contribution in [0.2, 0.25) is 0 Å². The fourth-order valence-corrected chi connectivity index (χ4v) is 5.83. The summed E-state index contributed by atoms with van der Waals surface area (Å²) in [5, 5.41) is 50.0. The zero-order valence-corrected chi connectivity index (χ0v) is 32.5. The molecule has 22 nitrogen and oxygen atoms in total. The number of aliphatic hydroxyl groups is 2. The number of nitrogens with zero attached hydrogens (tertiary/aromatic N) is 2. The molecule has 0 aromatic rings. The van der Waals surface area contributed by atoms with Crippen molar-refractivity contribution >= 4 is 53.3 Å². The quantitative estimate of drug-likeness (QED) is 0.0250. The van der Waals surface area contributed by atoms with Crippen molar-refractivity contribution in [1.82, 2.24) is 31.5 Å². The van der Waals surface area contributed by atoms with E-state index < -0.39 is 115 Å². The Labute approximate surface area is 325 Å². The van der Waals surface area contributed by atoms with Crippen molar-refractivity contribution in [3.8, 4) is 0 Å². The first-order valence-electron chi connectivity index (χ1n) is 18.5. The van der Waals surface area contributed by atoms with Crippen LogP contribution in [-0.4, -0.2) is 147 Å². The number of hydrogen-bond donors (Lipinski definition) is 12. The van der Waals surface area contributed by atoms with Gasteiger partial charge in [0.05, 0.1) is 18.8 Å². The number of guanidine groups is 1. The molecule has 1 rings (SSSR count). The number of carboxylic acids is 2. The highest BCUT2D eigenvalue weighted by Gasteiger charge is 2.41. The minimum absolute atomic E-state index is 0.0383. The number of aliphatic hydroxyl groups excluding tert-OH is 2. The van der Waals surface area contributed by atoms with Gasteiger partial charge in [0, 0.05) is 19.5 Å². The van der Waals surface area contributed by atoms with E-state index in [1.54, 1.807) is 13.8 Å². The molecule has 15 N–H and O–H groups in total. The molecule has 8 atom stereocenters. The van der Waals surface area contributed by atoms with Gasteiger partial charge in [-0.25, -0.2) is 4.79 Å². The first-order valence-corrected chi connectivity index (χ1v) is 18.5. The zero-order chi connectivity index (χ0) is 42.9. The number of aliphatic carboxylic acids is 2. The monoisotopic (exact) mass is 800 g/mol. The van der Waals surface area contributed by atoms with Gasteiger partial charge >= 0.3 is 11.9 Å². The molecule has 1 heterocycles. The Hall–Kier alpha value is -5.09. The highest BCUT2D eigenvalue weighted by molar-refractivity contribution is 5.97. The van der Waals surface area contributed by atoms with Crippen LogP contribution < -0.4 is 43.8 Å². The number of carbonyl (C=O) groups excluding carboxylic acids is 6. The van der Waals surface area contributed by atoms with E-state index in [1.165, 1.54) is 4.90 Å². The van der Waals surface area contributed by atoms with Crippen molar-refractivity contribution in [1.29, 1.82) is 0 Å². The van der Waals surface area contributed by atoms with Crippen LogP contribution in [0.4, 0.5) is 0 Å². The standard InChI is InChI=1S/C34H60N10O12/c1-16(2)14-19(35)27(49)42-25(17(3)4)32(54)44-13-7-9-23(44)30(52)39-20(8-6-12-38-34(36)37)29(51)43-26(18(5)46)31(53)40-21(10-11-24(47)48)28(50)41-22(15-45)33(55)56/h16-23,25-26,45-46H,6-15,35H2,1-5H3,(H,39,52)(H,40,53)(H,41,50)(H,42,49)(H,43,51)(H,47,48)(H,55,56)(H4,36,37,38). The van der Waals surface area contributed by atoms with Crippen molar-refractivity contribution in [2.75, 3.05) is 19.7 Å². The predicted molar refractivity (Wildman–Crippen MR) is 200 cm³/mol. The first kappa shape index (κ1) is 48.9. The normalized spacial score (nSPS) is 17.7. The molecule has 56 heavy (non-hydrogen) atoms. The topological polar surface area (TPSA) is 371 Å². The molecule has 1 aliphatic heterocycles. The van der Waals surface area contributed by atoms with E-state index in [-0.39, 0.29) is 50.1 Å². The van der Waals surface area contributed by atoms with Crippen LogP contribution in [0.3, 0.4) is 0 Å². The van der Waals surface area contributed by atoms with Crippen molar-refractivity contribution in [2.45, 2.75) is 128 Å². The van der Waals surface area contributed by atoms with Crippen molar-refractivity contribution in [3.63, 3.8) is 0 Å². The number of hydrogen-bond acceptors (Lipinski definition) is 12. The highest BCUT2D eigenvalue weighted by Crippen LogP contribution is 2.21. The molecule has 0 aliphatic carbocycles. The lowest BCUT2D eigenvalue weighted by Crippen LogP contribution is -2.61. The summed E-state index contributed by atoms with van der Waals surface area (Å²) in [6, 6.07) is -9.52. The molecule has 1 fully saturated rings. The van der Waals surface area contributed by atoms with Crippen LogP contribution in [0.25, 0.3) is 0 Å². The number of aliphatic imine (C=N–C) groups is 1. The fourth-order valence-electron chi connectivity index (χ4n) is 5.83. The van der Waals surface area contributed by atoms with E-state index in [0.717, 1.165) is 6.92 Å². The number of carboxylic acid groups (broad SMARTS) is 2. The largest absolute Gasteiger partial charge is 0.481 e. The minimum Gasteiger partial charge on any atom is -0.481 e. The smallest absolute Gasteiger partial charge is 0.328 e. The molecule has 0 radical (unpaired) electrons. The second kappa shape index (κ2) is 23.7. The Kier molecular flexibility index (Phi) is 20.7. The van der Waals surface area contributed by atoms with E-state index >= 15 is 0 Å². The number of nitrogens with one attached hydrogen (secondary N) is 5. The average Bonchev–Trinajstić information content (AvgIpc) is 3.60. The van der Waals surface area contributed by atoms with Crippen molar-refractivity contribution in [2.24, 2.45) is 34.0 Å². The molecular weight excluding hydrogens is 740 g/mol. The number of amides is 6. The molecule has 22 heteroatoms. The SMILES string of the molecule is CC(C)CC(N)C(=O)NC(C(=O)N1CCCC1C(=O)NC(CCCN=C(N)N)C(=O)NC(C(=O)NC(CCC(=O)O)C(=O)NC(CO)C(=O)O)C(C)O)C(C)C. The summed E-state index contributed by atoms with van der Waals surface area (Å²) in [6.07, 6.45) is -1.71. The van der Waals surface area contributed by atoms with Gasteiger partial charge in [0.1, 0.15) is 36.3 Å². The van der Waals surface area contributed by atoms with Gasteiger partial charge in [-0.15, -0.1) is 0 Å². The maximum atomic E-state index is 13.8. The van der Waals surface area contributed by atoms with E-state index in [0.29, 0.717) is 12.8 Å². The lowest BCUT2D eigenvalue weighted by molar-refractivity contribution is -0.144. The van der Waals surface area contributed by atoms with Crippen molar-refractivity contribution in [3.05, 3.63) is 0 Å². The van der Waals surface area contributed by atoms with Crippen LogP contribution in [0.1, 0.15) is 79.6 Å². The summed E-state index contributed by atoms with van der Waals surface area (Å²) in [5.74, 6) is -8.47. The van der Waals surface area contributed by atoms with Crippen LogP contribution in [0.5, 0.6) is 0 Å². The number of likely N-dealkylation sites (tertiary alicyclic amines) is 1. The molecular formula is C34H60N10O12. The number of nitrogens with two attached hydrogens (primary N) is 3. The third-order valence-electron chi connectivity index (χ3n) is 8.85. The molecule has 0 aromatic carbocycles. The summed E-state index contributed by atoms with van der Waals surface area (Å²) in [6.45, 7) is 7.61. The van der Waals surface area contributed by atoms with Gasteiger partial charge < -0.3 is 69.1 Å².